The molecule has 4 nitrogen and oxygen atoms in total. The Kier molecular flexibility index (Phi) is 5.39. The zero-order valence-electron chi connectivity index (χ0n) is 12.6. The van der Waals surface area contributed by atoms with E-state index in [1.54, 1.807) is 0 Å². The van der Waals surface area contributed by atoms with Gasteiger partial charge in [0.05, 0.1) is 6.54 Å². The van der Waals surface area contributed by atoms with E-state index >= 15 is 0 Å². The molecule has 0 unspecified atom stereocenters. The number of aromatic nitrogens is 2. The minimum Gasteiger partial charge on any atom is -0.491 e. The van der Waals surface area contributed by atoms with Crippen molar-refractivity contribution >= 4 is 17.4 Å². The van der Waals surface area contributed by atoms with Gasteiger partial charge in [-0.1, -0.05) is 36.2 Å². The summed E-state index contributed by atoms with van der Waals surface area (Å²) in [5, 5.41) is 3.68. The average Bonchev–Trinajstić information content (AvgIpc) is 2.48. The SMILES string of the molecule is CCc1cc(C)ccc1OCCNc1ncnc(Cl)c1C. The van der Waals surface area contributed by atoms with E-state index in [1.807, 2.05) is 13.0 Å². The lowest BCUT2D eigenvalue weighted by molar-refractivity contribution is 0.329. The van der Waals surface area contributed by atoms with Crippen LogP contribution in [0.15, 0.2) is 24.5 Å². The third kappa shape index (κ3) is 4.08. The highest BCUT2D eigenvalue weighted by Crippen LogP contribution is 2.21. The Morgan fingerprint density at radius 2 is 2.05 bits per heavy atom. The minimum atomic E-state index is 0.472. The van der Waals surface area contributed by atoms with Gasteiger partial charge in [0.2, 0.25) is 0 Å². The Hall–Kier alpha value is -1.81. The molecule has 0 saturated carbocycles. The quantitative estimate of drug-likeness (QED) is 0.651. The molecule has 0 saturated heterocycles. The van der Waals surface area contributed by atoms with E-state index in [4.69, 9.17) is 16.3 Å². The molecule has 1 N–H and O–H groups in total. The molecule has 1 aromatic carbocycles. The lowest BCUT2D eigenvalue weighted by Crippen LogP contribution is -2.14. The molecule has 21 heavy (non-hydrogen) atoms. The fourth-order valence-corrected chi connectivity index (χ4v) is 2.20. The van der Waals surface area contributed by atoms with Gasteiger partial charge in [0, 0.05) is 5.56 Å². The van der Waals surface area contributed by atoms with Crippen molar-refractivity contribution in [1.29, 1.82) is 0 Å². The summed E-state index contributed by atoms with van der Waals surface area (Å²) in [5.41, 5.74) is 3.34. The molecule has 0 aliphatic heterocycles. The smallest absolute Gasteiger partial charge is 0.137 e. The van der Waals surface area contributed by atoms with Crippen molar-refractivity contribution < 1.29 is 4.74 Å². The molecule has 2 rings (SSSR count). The first-order valence-electron chi connectivity index (χ1n) is 7.05. The molecule has 0 spiro atoms. The van der Waals surface area contributed by atoms with Crippen LogP contribution in [0.3, 0.4) is 0 Å². The van der Waals surface area contributed by atoms with Crippen LogP contribution in [0, 0.1) is 13.8 Å². The number of halogens is 1. The van der Waals surface area contributed by atoms with E-state index in [0.29, 0.717) is 18.3 Å². The summed E-state index contributed by atoms with van der Waals surface area (Å²) in [6.07, 6.45) is 2.42. The Morgan fingerprint density at radius 3 is 2.81 bits per heavy atom. The van der Waals surface area contributed by atoms with Crippen LogP contribution in [0.1, 0.15) is 23.6 Å². The molecule has 5 heteroatoms. The first-order valence-corrected chi connectivity index (χ1v) is 7.43. The van der Waals surface area contributed by atoms with Gasteiger partial charge in [-0.3, -0.25) is 0 Å². The Bertz CT molecular complexity index is 616. The second-order valence-corrected chi connectivity index (χ2v) is 5.24. The molecule has 2 aromatic rings. The predicted octanol–water partition coefficient (Wildman–Crippen LogP) is 3.80. The first kappa shape index (κ1) is 15.6. The normalized spacial score (nSPS) is 10.5. The Labute approximate surface area is 130 Å². The summed E-state index contributed by atoms with van der Waals surface area (Å²) in [6, 6.07) is 6.26. The number of ether oxygens (including phenoxy) is 1. The maximum absolute atomic E-state index is 5.95. The summed E-state index contributed by atoms with van der Waals surface area (Å²) in [7, 11) is 0. The van der Waals surface area contributed by atoms with Crippen LogP contribution in [-0.4, -0.2) is 23.1 Å². The topological polar surface area (TPSA) is 47.0 Å². The van der Waals surface area contributed by atoms with Gasteiger partial charge in [-0.15, -0.1) is 0 Å². The van der Waals surface area contributed by atoms with Crippen LogP contribution in [0.5, 0.6) is 5.75 Å². The number of aryl methyl sites for hydroxylation is 2. The number of nitrogens with zero attached hydrogens (tertiary/aromatic N) is 2. The molecule has 112 valence electrons. The largest absolute Gasteiger partial charge is 0.491 e. The number of anilines is 1. The molecule has 0 radical (unpaired) electrons. The summed E-state index contributed by atoms with van der Waals surface area (Å²) in [4.78, 5) is 8.10. The van der Waals surface area contributed by atoms with Gasteiger partial charge in [0.15, 0.2) is 0 Å². The Balaban J connectivity index is 1.89. The maximum atomic E-state index is 5.95. The number of hydrogen-bond acceptors (Lipinski definition) is 4. The fraction of sp³-hybridized carbons (Fsp3) is 0.375. The highest BCUT2D eigenvalue weighted by Gasteiger charge is 2.05. The second-order valence-electron chi connectivity index (χ2n) is 4.88. The summed E-state index contributed by atoms with van der Waals surface area (Å²) in [5.74, 6) is 1.69. The highest BCUT2D eigenvalue weighted by atomic mass is 35.5. The lowest BCUT2D eigenvalue weighted by Gasteiger charge is -2.13. The molecule has 0 aliphatic rings. The molecule has 0 fully saturated rings. The van der Waals surface area contributed by atoms with E-state index in [9.17, 15) is 0 Å². The van der Waals surface area contributed by atoms with Crippen LogP contribution < -0.4 is 10.1 Å². The Morgan fingerprint density at radius 1 is 1.24 bits per heavy atom. The zero-order valence-corrected chi connectivity index (χ0v) is 13.4. The van der Waals surface area contributed by atoms with Crippen LogP contribution in [0.25, 0.3) is 0 Å². The van der Waals surface area contributed by atoms with Crippen LogP contribution in [-0.2, 0) is 6.42 Å². The van der Waals surface area contributed by atoms with Crippen LogP contribution >= 0.6 is 11.6 Å². The van der Waals surface area contributed by atoms with E-state index in [-0.39, 0.29) is 0 Å². The first-order chi connectivity index (χ1) is 10.1. The third-order valence-corrected chi connectivity index (χ3v) is 3.65. The van der Waals surface area contributed by atoms with E-state index in [0.717, 1.165) is 23.6 Å². The van der Waals surface area contributed by atoms with Gasteiger partial charge in [-0.2, -0.15) is 0 Å². The summed E-state index contributed by atoms with van der Waals surface area (Å²) < 4.78 is 5.84. The number of nitrogens with one attached hydrogen (secondary N) is 1. The third-order valence-electron chi connectivity index (χ3n) is 3.27. The van der Waals surface area contributed by atoms with Crippen molar-refractivity contribution in [3.8, 4) is 5.75 Å². The van der Waals surface area contributed by atoms with Crippen molar-refractivity contribution in [1.82, 2.24) is 9.97 Å². The predicted molar refractivity (Wildman–Crippen MR) is 86.3 cm³/mol. The molecule has 0 aliphatic carbocycles. The molecule has 0 amide bonds. The fourth-order valence-electron chi connectivity index (χ4n) is 2.06. The van der Waals surface area contributed by atoms with Crippen molar-refractivity contribution in [3.63, 3.8) is 0 Å². The van der Waals surface area contributed by atoms with Crippen molar-refractivity contribution in [2.24, 2.45) is 0 Å². The summed E-state index contributed by atoms with van der Waals surface area (Å²) in [6.45, 7) is 7.33. The van der Waals surface area contributed by atoms with E-state index in [1.165, 1.54) is 17.5 Å². The number of rotatable bonds is 6. The highest BCUT2D eigenvalue weighted by molar-refractivity contribution is 6.30. The molecular formula is C16H20ClN3O. The van der Waals surface area contributed by atoms with Gasteiger partial charge in [0.1, 0.15) is 29.7 Å². The number of hydrogen-bond donors (Lipinski definition) is 1. The van der Waals surface area contributed by atoms with E-state index in [2.05, 4.69) is 41.3 Å². The van der Waals surface area contributed by atoms with Crippen molar-refractivity contribution in [2.75, 3.05) is 18.5 Å². The van der Waals surface area contributed by atoms with Gasteiger partial charge in [-0.25, -0.2) is 9.97 Å². The molecule has 0 atom stereocenters. The van der Waals surface area contributed by atoms with Gasteiger partial charge in [-0.05, 0) is 31.9 Å². The lowest BCUT2D eigenvalue weighted by atomic mass is 10.1. The molecule has 1 heterocycles. The van der Waals surface area contributed by atoms with Crippen molar-refractivity contribution in [2.45, 2.75) is 27.2 Å². The average molecular weight is 306 g/mol. The van der Waals surface area contributed by atoms with Crippen molar-refractivity contribution in [3.05, 3.63) is 46.4 Å². The van der Waals surface area contributed by atoms with Crippen LogP contribution in [0.2, 0.25) is 5.15 Å². The monoisotopic (exact) mass is 305 g/mol. The second kappa shape index (κ2) is 7.27. The van der Waals surface area contributed by atoms with E-state index < -0.39 is 0 Å². The zero-order chi connectivity index (χ0) is 15.2. The number of benzene rings is 1. The van der Waals surface area contributed by atoms with Gasteiger partial charge >= 0.3 is 0 Å². The molecular weight excluding hydrogens is 286 g/mol. The van der Waals surface area contributed by atoms with Crippen LogP contribution in [0.4, 0.5) is 5.82 Å². The summed E-state index contributed by atoms with van der Waals surface area (Å²) >= 11 is 5.95. The minimum absolute atomic E-state index is 0.472. The molecule has 1 aromatic heterocycles. The maximum Gasteiger partial charge on any atom is 0.137 e. The molecule has 0 bridgehead atoms. The van der Waals surface area contributed by atoms with Gasteiger partial charge < -0.3 is 10.1 Å². The standard InChI is InChI=1S/C16H20ClN3O/c1-4-13-9-11(2)5-6-14(13)21-8-7-18-16-12(3)15(17)19-10-20-16/h5-6,9-10H,4,7-8H2,1-3H3,(H,18,19,20). The van der Waals surface area contributed by atoms with Gasteiger partial charge in [0.25, 0.3) is 0 Å².